The monoisotopic (exact) mass is 697 g/mol. The van der Waals surface area contributed by atoms with Crippen LogP contribution in [0.15, 0.2) is 48.2 Å². The zero-order valence-electron chi connectivity index (χ0n) is 26.9. The number of amides is 2. The van der Waals surface area contributed by atoms with Crippen molar-refractivity contribution in [3.8, 4) is 5.75 Å². The molecule has 2 heterocycles. The third-order valence-corrected chi connectivity index (χ3v) is 7.17. The second-order valence-corrected chi connectivity index (χ2v) is 10.7. The van der Waals surface area contributed by atoms with Crippen molar-refractivity contribution in [1.29, 1.82) is 0 Å². The Morgan fingerprint density at radius 2 is 1.65 bits per heavy atom. The quantitative estimate of drug-likeness (QED) is 0.0430. The molecule has 0 spiro atoms. The standard InChI is InChI=1S/C32H35BF6N4O6/c1-4-27(44)40-10-13-47-15-16-48-14-12-42(11-9-29(46)49-32-30(36)24(34)19-25(35)31(32)37)28(45)8-7-22-5-6-23(41-22)18-26-20(2)17-21(3)43(26)33(38)39/h4-6,17-19H,1,7-16H2,2-3H3,(H,40,44)/p+1. The van der Waals surface area contributed by atoms with E-state index >= 15 is 0 Å². The number of aryl methyl sites for hydroxylation is 1. The molecule has 2 N–H and O–H groups in total. The Labute approximate surface area is 279 Å². The summed E-state index contributed by atoms with van der Waals surface area (Å²) in [5.74, 6) is -10.8. The number of rotatable bonds is 19. The van der Waals surface area contributed by atoms with E-state index in [2.05, 4.69) is 21.6 Å². The Morgan fingerprint density at radius 3 is 2.31 bits per heavy atom. The average molecular weight is 697 g/mol. The fourth-order valence-electron chi connectivity index (χ4n) is 4.72. The molecule has 0 bridgehead atoms. The number of H-pyrrole nitrogens is 1. The molecule has 17 heteroatoms. The van der Waals surface area contributed by atoms with Gasteiger partial charge in [-0.15, -0.1) is 0 Å². The van der Waals surface area contributed by atoms with Gasteiger partial charge in [0.2, 0.25) is 29.2 Å². The summed E-state index contributed by atoms with van der Waals surface area (Å²) in [5.41, 5.74) is 2.57. The lowest BCUT2D eigenvalue weighted by Gasteiger charge is -2.22. The molecule has 1 aromatic carbocycles. The van der Waals surface area contributed by atoms with Crippen LogP contribution in [0.2, 0.25) is 0 Å². The van der Waals surface area contributed by atoms with Gasteiger partial charge in [-0.25, -0.2) is 21.9 Å². The number of allylic oxidation sites excluding steroid dienone is 2. The molecule has 0 aliphatic carbocycles. The molecule has 1 aliphatic heterocycles. The van der Waals surface area contributed by atoms with Crippen LogP contribution >= 0.6 is 0 Å². The molecule has 2 amide bonds. The SMILES string of the molecule is C=CC(=O)NCCOCCOCCN(CCC(=O)Oc1c(F)c(F)cc(F)c1F)C(=O)CCc1ccc(/C=C2/C(C)=CC(C)=[N+]2B(F)F)[nH]1. The highest BCUT2D eigenvalue weighted by Crippen LogP contribution is 2.27. The van der Waals surface area contributed by atoms with Crippen molar-refractivity contribution in [3.05, 3.63) is 82.9 Å². The zero-order valence-corrected chi connectivity index (χ0v) is 26.9. The number of halogens is 6. The van der Waals surface area contributed by atoms with Gasteiger partial charge in [-0.1, -0.05) is 6.58 Å². The fourth-order valence-corrected chi connectivity index (χ4v) is 4.72. The van der Waals surface area contributed by atoms with Crippen molar-refractivity contribution in [1.82, 2.24) is 15.2 Å². The Bertz CT molecular complexity index is 1600. The molecule has 0 atom stereocenters. The summed E-state index contributed by atoms with van der Waals surface area (Å²) in [5, 5.41) is 2.54. The Kier molecular flexibility index (Phi) is 14.9. The smallest absolute Gasteiger partial charge is 0.420 e. The normalized spacial score (nSPS) is 13.5. The minimum Gasteiger partial charge on any atom is -0.420 e. The van der Waals surface area contributed by atoms with E-state index in [-0.39, 0.29) is 70.9 Å². The molecule has 0 unspecified atom stereocenters. The number of aromatic amines is 1. The summed E-state index contributed by atoms with van der Waals surface area (Å²) in [6.45, 7) is 7.17. The molecular weight excluding hydrogens is 661 g/mol. The van der Waals surface area contributed by atoms with Gasteiger partial charge in [-0.3, -0.25) is 14.4 Å². The van der Waals surface area contributed by atoms with E-state index in [1.165, 1.54) is 4.90 Å². The number of hydrogen-bond donors (Lipinski definition) is 2. The maximum absolute atomic E-state index is 14.0. The summed E-state index contributed by atoms with van der Waals surface area (Å²) in [6.07, 6.45) is 3.92. The van der Waals surface area contributed by atoms with Gasteiger partial charge < -0.3 is 29.4 Å². The highest BCUT2D eigenvalue weighted by atomic mass is 19.2. The van der Waals surface area contributed by atoms with Crippen molar-refractivity contribution in [2.24, 2.45) is 0 Å². The summed E-state index contributed by atoms with van der Waals surface area (Å²) in [4.78, 5) is 41.0. The van der Waals surface area contributed by atoms with E-state index in [9.17, 15) is 40.6 Å². The summed E-state index contributed by atoms with van der Waals surface area (Å²) in [7, 11) is -2.73. The highest BCUT2D eigenvalue weighted by Gasteiger charge is 2.42. The second kappa shape index (κ2) is 18.8. The second-order valence-electron chi connectivity index (χ2n) is 10.7. The first kappa shape index (κ1) is 38.8. The number of carbonyl (C=O) groups is 3. The molecule has 49 heavy (non-hydrogen) atoms. The van der Waals surface area contributed by atoms with Crippen molar-refractivity contribution < 1.29 is 59.3 Å². The summed E-state index contributed by atoms with van der Waals surface area (Å²) < 4.78 is 98.4. The number of hydrogen-bond acceptors (Lipinski definition) is 6. The van der Waals surface area contributed by atoms with Crippen LogP contribution in [0, 0.1) is 23.3 Å². The number of nitrogens with zero attached hydrogens (tertiary/aromatic N) is 2. The molecule has 2 aromatic rings. The molecule has 0 saturated carbocycles. The Balaban J connectivity index is 1.59. The highest BCUT2D eigenvalue weighted by molar-refractivity contribution is 6.35. The van der Waals surface area contributed by atoms with E-state index in [0.29, 0.717) is 28.4 Å². The number of esters is 1. The van der Waals surface area contributed by atoms with Crippen molar-refractivity contribution in [2.45, 2.75) is 33.1 Å². The molecule has 3 rings (SSSR count). The molecule has 1 aliphatic rings. The van der Waals surface area contributed by atoms with Crippen LogP contribution in [0.3, 0.4) is 0 Å². The minimum absolute atomic E-state index is 0.00811. The predicted octanol–water partition coefficient (Wildman–Crippen LogP) is 4.36. The molecule has 10 nitrogen and oxygen atoms in total. The third kappa shape index (κ3) is 11.5. The van der Waals surface area contributed by atoms with Gasteiger partial charge in [0, 0.05) is 68.2 Å². The van der Waals surface area contributed by atoms with Crippen LogP contribution in [-0.2, 0) is 30.3 Å². The molecule has 0 radical (unpaired) electrons. The molecular formula is C32H36BF6N4O6+. The topological polar surface area (TPSA) is 113 Å². The van der Waals surface area contributed by atoms with Gasteiger partial charge in [0.15, 0.2) is 23.0 Å². The summed E-state index contributed by atoms with van der Waals surface area (Å²) >= 11 is 0. The van der Waals surface area contributed by atoms with E-state index in [1.807, 2.05) is 0 Å². The number of carbonyl (C=O) groups excluding carboxylic acids is 3. The predicted molar refractivity (Wildman–Crippen MR) is 168 cm³/mol. The Morgan fingerprint density at radius 1 is 0.980 bits per heavy atom. The Hall–Kier alpha value is -4.64. The maximum Gasteiger partial charge on any atom is 0.934 e. The largest absolute Gasteiger partial charge is 0.934 e. The third-order valence-electron chi connectivity index (χ3n) is 7.17. The van der Waals surface area contributed by atoms with Gasteiger partial charge in [0.1, 0.15) is 0 Å². The van der Waals surface area contributed by atoms with Crippen LogP contribution in [0.5, 0.6) is 5.75 Å². The van der Waals surface area contributed by atoms with Crippen LogP contribution in [0.4, 0.5) is 26.2 Å². The van der Waals surface area contributed by atoms with Crippen molar-refractivity contribution >= 4 is 37.0 Å². The lowest BCUT2D eigenvalue weighted by Crippen LogP contribution is -2.36. The van der Waals surface area contributed by atoms with Gasteiger partial charge in [0.25, 0.3) is 0 Å². The molecule has 0 fully saturated rings. The van der Waals surface area contributed by atoms with Gasteiger partial charge in [-0.2, -0.15) is 8.78 Å². The lowest BCUT2D eigenvalue weighted by molar-refractivity contribution is -0.342. The van der Waals surface area contributed by atoms with E-state index in [1.54, 1.807) is 38.1 Å². The van der Waals surface area contributed by atoms with E-state index in [4.69, 9.17) is 9.47 Å². The average Bonchev–Trinajstić information content (AvgIpc) is 3.63. The van der Waals surface area contributed by atoms with Crippen LogP contribution < -0.4 is 10.1 Å². The maximum atomic E-state index is 14.0. The van der Waals surface area contributed by atoms with Gasteiger partial charge in [-0.05, 0) is 31.6 Å². The molecule has 1 aromatic heterocycles. The first-order valence-corrected chi connectivity index (χ1v) is 15.2. The van der Waals surface area contributed by atoms with Crippen molar-refractivity contribution in [3.63, 3.8) is 0 Å². The number of ether oxygens (including phenoxy) is 3. The van der Waals surface area contributed by atoms with E-state index < -0.39 is 54.7 Å². The number of aromatic nitrogens is 1. The zero-order chi connectivity index (χ0) is 36.1. The fraction of sp³-hybridized carbons (Fsp3) is 0.375. The van der Waals surface area contributed by atoms with Crippen molar-refractivity contribution in [2.75, 3.05) is 46.1 Å². The van der Waals surface area contributed by atoms with Gasteiger partial charge in [0.05, 0.1) is 32.8 Å². The number of benzene rings is 1. The first-order valence-electron chi connectivity index (χ1n) is 15.2. The van der Waals surface area contributed by atoms with Crippen LogP contribution in [0.1, 0.15) is 38.1 Å². The van der Waals surface area contributed by atoms with Crippen LogP contribution in [0.25, 0.3) is 6.08 Å². The lowest BCUT2D eigenvalue weighted by atomic mass is 10.1. The van der Waals surface area contributed by atoms with E-state index in [0.717, 1.165) is 10.6 Å². The summed E-state index contributed by atoms with van der Waals surface area (Å²) in [6, 6.07) is 3.36. The number of nitrogens with one attached hydrogen (secondary N) is 2. The van der Waals surface area contributed by atoms with Gasteiger partial charge >= 0.3 is 13.4 Å². The molecule has 264 valence electrons. The molecule has 0 saturated heterocycles. The first-order chi connectivity index (χ1) is 23.3. The minimum atomic E-state index is -2.73. The van der Waals surface area contributed by atoms with Crippen LogP contribution in [-0.4, -0.2) is 91.3 Å².